The van der Waals surface area contributed by atoms with E-state index in [1.165, 1.54) is 4.90 Å². The summed E-state index contributed by atoms with van der Waals surface area (Å²) in [5.41, 5.74) is 0. The summed E-state index contributed by atoms with van der Waals surface area (Å²) in [7, 11) is -4.02. The van der Waals surface area contributed by atoms with Gasteiger partial charge in [-0.1, -0.05) is 26.2 Å². The van der Waals surface area contributed by atoms with E-state index in [-0.39, 0.29) is 12.0 Å². The van der Waals surface area contributed by atoms with Crippen LogP contribution in [-0.4, -0.2) is 52.4 Å². The van der Waals surface area contributed by atoms with Crippen molar-refractivity contribution in [3.05, 3.63) is 48.5 Å². The Kier molecular flexibility index (Phi) is 10.2. The third kappa shape index (κ3) is 7.08. The maximum Gasteiger partial charge on any atom is 0.452 e. The minimum absolute atomic E-state index is 0.152. The van der Waals surface area contributed by atoms with Crippen LogP contribution in [0.1, 0.15) is 51.9 Å². The first-order valence-electron chi connectivity index (χ1n) is 13.4. The lowest BCUT2D eigenvalue weighted by atomic mass is 9.85. The Labute approximate surface area is 239 Å². The molecule has 2 aromatic carbocycles. The van der Waals surface area contributed by atoms with Crippen LogP contribution in [0.2, 0.25) is 0 Å². The molecule has 2 aliphatic rings. The smallest absolute Gasteiger partial charge is 0.452 e. The van der Waals surface area contributed by atoms with Crippen molar-refractivity contribution in [1.29, 1.82) is 0 Å². The summed E-state index contributed by atoms with van der Waals surface area (Å²) in [6, 6.07) is 13.4. The van der Waals surface area contributed by atoms with E-state index in [4.69, 9.17) is 9.05 Å². The highest BCUT2D eigenvalue weighted by Crippen LogP contribution is 2.54. The van der Waals surface area contributed by atoms with Gasteiger partial charge < -0.3 is 19.5 Å². The Bertz CT molecular complexity index is 1130. The lowest BCUT2D eigenvalue weighted by Gasteiger charge is -2.32. The molecule has 2 fully saturated rings. The number of benzene rings is 2. The van der Waals surface area contributed by atoms with Gasteiger partial charge in [0.15, 0.2) is 5.78 Å². The van der Waals surface area contributed by atoms with E-state index in [9.17, 15) is 19.3 Å². The zero-order valence-corrected chi connectivity index (χ0v) is 25.1. The molecule has 212 valence electrons. The summed E-state index contributed by atoms with van der Waals surface area (Å²) in [5.74, 6) is -0.515. The minimum atomic E-state index is -4.02. The molecule has 0 aromatic heterocycles. The van der Waals surface area contributed by atoms with Crippen molar-refractivity contribution in [2.75, 3.05) is 12.5 Å². The van der Waals surface area contributed by atoms with E-state index >= 15 is 0 Å². The second-order valence-electron chi connectivity index (χ2n) is 9.94. The van der Waals surface area contributed by atoms with Crippen LogP contribution in [0.3, 0.4) is 0 Å². The highest BCUT2D eigenvalue weighted by molar-refractivity contribution is 7.98. The van der Waals surface area contributed by atoms with Gasteiger partial charge in [-0.05, 0) is 92.6 Å². The Balaban J connectivity index is 1.62. The molecule has 1 saturated heterocycles. The van der Waals surface area contributed by atoms with E-state index in [0.717, 1.165) is 35.5 Å². The van der Waals surface area contributed by atoms with Gasteiger partial charge in [-0.3, -0.25) is 9.69 Å². The monoisotopic (exact) mass is 592 g/mol. The fourth-order valence-corrected chi connectivity index (χ4v) is 8.32. The van der Waals surface area contributed by atoms with Gasteiger partial charge in [0.1, 0.15) is 17.5 Å². The lowest BCUT2D eigenvalue weighted by molar-refractivity contribution is -0.125. The fraction of sp³-hybridized carbons (Fsp3) is 0.500. The van der Waals surface area contributed by atoms with Gasteiger partial charge in [0, 0.05) is 15.8 Å². The van der Waals surface area contributed by atoms with Crippen LogP contribution in [0.25, 0.3) is 0 Å². The zero-order chi connectivity index (χ0) is 28.0. The quantitative estimate of drug-likeness (QED) is 0.206. The highest BCUT2D eigenvalue weighted by Gasteiger charge is 2.49. The topological polar surface area (TPSA) is 105 Å². The summed E-state index contributed by atoms with van der Waals surface area (Å²) >= 11 is 3.16. The molecule has 4 rings (SSSR count). The average molecular weight is 593 g/mol. The van der Waals surface area contributed by atoms with Crippen LogP contribution in [0, 0.1) is 5.92 Å². The molecule has 2 amide bonds. The molecule has 1 heterocycles. The molecule has 2 N–H and O–H groups in total. The van der Waals surface area contributed by atoms with Gasteiger partial charge >= 0.3 is 13.7 Å². The molecule has 1 aliphatic heterocycles. The molecule has 0 bridgehead atoms. The second kappa shape index (κ2) is 13.4. The minimum Gasteiger partial charge on any atom is -0.465 e. The van der Waals surface area contributed by atoms with Crippen LogP contribution in [-0.2, 0) is 9.36 Å². The average Bonchev–Trinajstić information content (AvgIpc) is 3.34. The van der Waals surface area contributed by atoms with Gasteiger partial charge in [0.25, 0.3) is 0 Å². The van der Waals surface area contributed by atoms with Gasteiger partial charge in [0.2, 0.25) is 5.91 Å². The Morgan fingerprint density at radius 1 is 1.00 bits per heavy atom. The van der Waals surface area contributed by atoms with Crippen molar-refractivity contribution in [2.45, 2.75) is 79.5 Å². The molecule has 1 saturated carbocycles. The van der Waals surface area contributed by atoms with Crippen molar-refractivity contribution in [3.63, 3.8) is 0 Å². The second-order valence-corrected chi connectivity index (χ2v) is 13.8. The number of nitrogens with one attached hydrogen (secondary N) is 1. The number of carboxylic acid groups (broad SMARTS) is 1. The third-order valence-electron chi connectivity index (χ3n) is 7.45. The first kappa shape index (κ1) is 29.7. The van der Waals surface area contributed by atoms with E-state index in [1.807, 2.05) is 43.7 Å². The number of fused-ring (bicyclic) bond motifs is 1. The van der Waals surface area contributed by atoms with Crippen molar-refractivity contribution in [1.82, 2.24) is 10.2 Å². The number of hydrogen-bond acceptors (Lipinski definition) is 7. The molecule has 2 aromatic rings. The van der Waals surface area contributed by atoms with E-state index < -0.39 is 31.4 Å². The predicted octanol–water partition coefficient (Wildman–Crippen LogP) is 7.33. The maximum absolute atomic E-state index is 14.6. The normalized spacial score (nSPS) is 21.6. The third-order valence-corrected chi connectivity index (χ3v) is 11.0. The molecular formula is C28H37N2O6PS2. The van der Waals surface area contributed by atoms with E-state index in [1.54, 1.807) is 47.8 Å². The molecule has 0 radical (unpaired) electrons. The lowest BCUT2D eigenvalue weighted by Crippen LogP contribution is -2.51. The van der Waals surface area contributed by atoms with Gasteiger partial charge in [-0.15, -0.1) is 23.5 Å². The summed E-state index contributed by atoms with van der Waals surface area (Å²) in [6.07, 6.45) is 7.94. The fourth-order valence-electron chi connectivity index (χ4n) is 5.53. The highest BCUT2D eigenvalue weighted by atomic mass is 32.2. The summed E-state index contributed by atoms with van der Waals surface area (Å²) < 4.78 is 26.7. The number of amides is 2. The molecule has 0 unspecified atom stereocenters. The molecular weight excluding hydrogens is 555 g/mol. The predicted molar refractivity (Wildman–Crippen MR) is 156 cm³/mol. The van der Waals surface area contributed by atoms with Crippen molar-refractivity contribution >= 4 is 43.1 Å². The summed E-state index contributed by atoms with van der Waals surface area (Å²) in [6.45, 7) is 1.93. The van der Waals surface area contributed by atoms with Crippen molar-refractivity contribution < 1.29 is 28.3 Å². The molecule has 4 atom stereocenters. The number of carbonyl (C=O) groups is 2. The van der Waals surface area contributed by atoms with Crippen LogP contribution < -0.4 is 14.4 Å². The first-order chi connectivity index (χ1) is 18.8. The maximum atomic E-state index is 14.6. The Morgan fingerprint density at radius 2 is 1.54 bits per heavy atom. The van der Waals surface area contributed by atoms with Gasteiger partial charge in [0.05, 0.1) is 0 Å². The molecule has 0 spiro atoms. The number of hydrogen-bond donors (Lipinski definition) is 2. The summed E-state index contributed by atoms with van der Waals surface area (Å²) in [5, 5.41) is 12.9. The summed E-state index contributed by atoms with van der Waals surface area (Å²) in [4.78, 5) is 29.2. The van der Waals surface area contributed by atoms with E-state index in [0.29, 0.717) is 30.8 Å². The number of likely N-dealkylation sites (tertiary alicyclic amines) is 1. The number of thioether (sulfide) groups is 2. The molecule has 11 heteroatoms. The van der Waals surface area contributed by atoms with Crippen molar-refractivity contribution in [2.24, 2.45) is 5.92 Å². The number of carbonyl (C=O) groups excluding carboxylic acids is 1. The molecule has 8 nitrogen and oxygen atoms in total. The van der Waals surface area contributed by atoms with Gasteiger partial charge in [-0.2, -0.15) is 0 Å². The number of nitrogens with zero attached hydrogens (tertiary/aromatic N) is 1. The SMILES string of the molecule is CCC[C@H](NC(=O)[C@@H]1C[C@@H]2CCCC[C@@H]2N1C(=O)O)P(=O)(Oc1ccc(SC)cc1)Oc1ccc(SC)cc1. The zero-order valence-electron chi connectivity index (χ0n) is 22.6. The standard InChI is InChI=1S/C28H37N2O6PS2/c1-4-7-26(29-27(31)25-18-19-8-5-6-9-24(19)30(25)28(32)33)37(34,35-20-10-14-22(38-2)15-11-20)36-21-12-16-23(39-3)17-13-21/h10-17,19,24-26H,4-9,18H2,1-3H3,(H,29,31)(H,32,33)/t19-,24-,25-,26+/m0/s1. The van der Waals surface area contributed by atoms with Crippen LogP contribution in [0.4, 0.5) is 4.79 Å². The first-order valence-corrected chi connectivity index (χ1v) is 17.4. The Morgan fingerprint density at radius 3 is 2.03 bits per heavy atom. The number of rotatable bonds is 11. The van der Waals surface area contributed by atoms with Crippen LogP contribution >= 0.6 is 31.1 Å². The van der Waals surface area contributed by atoms with Gasteiger partial charge in [-0.25, -0.2) is 9.36 Å². The largest absolute Gasteiger partial charge is 0.465 e. The van der Waals surface area contributed by atoms with Crippen molar-refractivity contribution in [3.8, 4) is 11.5 Å². The van der Waals surface area contributed by atoms with Crippen LogP contribution in [0.5, 0.6) is 11.5 Å². The Hall–Kier alpha value is -2.29. The molecule has 39 heavy (non-hydrogen) atoms. The van der Waals surface area contributed by atoms with Crippen LogP contribution in [0.15, 0.2) is 58.3 Å². The molecule has 1 aliphatic carbocycles. The van der Waals surface area contributed by atoms with E-state index in [2.05, 4.69) is 5.32 Å².